The number of piperidine rings is 1. The van der Waals surface area contributed by atoms with E-state index in [1.54, 1.807) is 0 Å². The van der Waals surface area contributed by atoms with E-state index < -0.39 is 0 Å². The fourth-order valence-corrected chi connectivity index (χ4v) is 4.05. The normalized spacial score (nSPS) is 44.9. The summed E-state index contributed by atoms with van der Waals surface area (Å²) in [6.07, 6.45) is 8.73. The van der Waals surface area contributed by atoms with Gasteiger partial charge in [-0.25, -0.2) is 0 Å². The van der Waals surface area contributed by atoms with Crippen molar-refractivity contribution in [1.82, 2.24) is 10.6 Å². The molecule has 17 heavy (non-hydrogen) atoms. The van der Waals surface area contributed by atoms with Gasteiger partial charge in [-0.3, -0.25) is 4.79 Å². The van der Waals surface area contributed by atoms with E-state index in [9.17, 15) is 4.79 Å². The Morgan fingerprint density at radius 1 is 1.18 bits per heavy atom. The van der Waals surface area contributed by atoms with Crippen LogP contribution in [0.3, 0.4) is 0 Å². The third kappa shape index (κ3) is 2.35. The summed E-state index contributed by atoms with van der Waals surface area (Å²) < 4.78 is 0. The van der Waals surface area contributed by atoms with Gasteiger partial charge in [-0.1, -0.05) is 6.42 Å². The number of carbonyl (C=O) groups excluding carboxylic acids is 1. The van der Waals surface area contributed by atoms with Crippen molar-refractivity contribution in [2.45, 2.75) is 70.0 Å². The van der Waals surface area contributed by atoms with Gasteiger partial charge in [0.25, 0.3) is 0 Å². The second-order valence-corrected chi connectivity index (χ2v) is 6.34. The van der Waals surface area contributed by atoms with E-state index in [1.807, 2.05) is 0 Å². The molecule has 1 aliphatic heterocycles. The predicted octanol–water partition coefficient (Wildman–Crippen LogP) is 1.82. The Hall–Kier alpha value is -0.570. The van der Waals surface area contributed by atoms with E-state index in [0.717, 1.165) is 18.3 Å². The average Bonchev–Trinajstić information content (AvgIpc) is 2.91. The summed E-state index contributed by atoms with van der Waals surface area (Å²) in [5, 5.41) is 6.72. The molecule has 2 N–H and O–H groups in total. The van der Waals surface area contributed by atoms with Crippen LogP contribution in [0, 0.1) is 11.8 Å². The number of hydrogen-bond acceptors (Lipinski definition) is 2. The maximum Gasteiger partial charge on any atom is 0.237 e. The zero-order valence-corrected chi connectivity index (χ0v) is 10.7. The maximum absolute atomic E-state index is 12.2. The van der Waals surface area contributed by atoms with Crippen LogP contribution in [0.15, 0.2) is 0 Å². The van der Waals surface area contributed by atoms with Crippen LogP contribution in [-0.4, -0.2) is 24.0 Å². The summed E-state index contributed by atoms with van der Waals surface area (Å²) in [7, 11) is 0. The van der Waals surface area contributed by atoms with Crippen molar-refractivity contribution in [3.05, 3.63) is 0 Å². The number of nitrogens with one attached hydrogen (secondary N) is 2. The summed E-state index contributed by atoms with van der Waals surface area (Å²) in [4.78, 5) is 12.2. The van der Waals surface area contributed by atoms with E-state index >= 15 is 0 Å². The molecule has 96 valence electrons. The van der Waals surface area contributed by atoms with Crippen molar-refractivity contribution in [1.29, 1.82) is 0 Å². The standard InChI is InChI=1S/C14H24N2O/c1-9-3-2-4-12(15-9)14(17)16-13-8-10-5-6-11(13)7-10/h9-13,15H,2-8H2,1H3,(H,16,17). The largest absolute Gasteiger partial charge is 0.352 e. The molecule has 0 radical (unpaired) electrons. The monoisotopic (exact) mass is 236 g/mol. The minimum absolute atomic E-state index is 0.0675. The number of amides is 1. The van der Waals surface area contributed by atoms with E-state index in [0.29, 0.717) is 12.1 Å². The lowest BCUT2D eigenvalue weighted by Gasteiger charge is -2.30. The van der Waals surface area contributed by atoms with Crippen LogP contribution in [0.4, 0.5) is 0 Å². The van der Waals surface area contributed by atoms with Crippen molar-refractivity contribution in [2.75, 3.05) is 0 Å². The molecule has 3 aliphatic rings. The van der Waals surface area contributed by atoms with Gasteiger partial charge in [-0.2, -0.15) is 0 Å². The van der Waals surface area contributed by atoms with Crippen LogP contribution >= 0.6 is 0 Å². The number of rotatable bonds is 2. The summed E-state index contributed by atoms with van der Waals surface area (Å²) in [5.74, 6) is 1.95. The molecule has 1 amide bonds. The van der Waals surface area contributed by atoms with Crippen molar-refractivity contribution in [3.63, 3.8) is 0 Å². The molecule has 3 nitrogen and oxygen atoms in total. The number of hydrogen-bond donors (Lipinski definition) is 2. The molecule has 3 heteroatoms. The van der Waals surface area contributed by atoms with E-state index in [2.05, 4.69) is 17.6 Å². The van der Waals surface area contributed by atoms with Crippen LogP contribution in [-0.2, 0) is 4.79 Å². The molecule has 5 unspecified atom stereocenters. The van der Waals surface area contributed by atoms with Gasteiger partial charge in [0.15, 0.2) is 0 Å². The lowest BCUT2D eigenvalue weighted by Crippen LogP contribution is -2.53. The Balaban J connectivity index is 1.53. The second kappa shape index (κ2) is 4.60. The molecular formula is C14H24N2O. The molecule has 0 aromatic rings. The van der Waals surface area contributed by atoms with Crippen LogP contribution in [0.25, 0.3) is 0 Å². The lowest BCUT2D eigenvalue weighted by molar-refractivity contribution is -0.125. The van der Waals surface area contributed by atoms with Crippen LogP contribution in [0.2, 0.25) is 0 Å². The first-order valence-corrected chi connectivity index (χ1v) is 7.29. The van der Waals surface area contributed by atoms with Gasteiger partial charge in [0.05, 0.1) is 6.04 Å². The van der Waals surface area contributed by atoms with E-state index in [4.69, 9.17) is 0 Å². The highest BCUT2D eigenvalue weighted by molar-refractivity contribution is 5.82. The van der Waals surface area contributed by atoms with Gasteiger partial charge in [-0.15, -0.1) is 0 Å². The van der Waals surface area contributed by atoms with Gasteiger partial charge in [-0.05, 0) is 57.3 Å². The molecule has 2 aliphatic carbocycles. The second-order valence-electron chi connectivity index (χ2n) is 6.34. The van der Waals surface area contributed by atoms with Crippen molar-refractivity contribution < 1.29 is 4.79 Å². The zero-order valence-electron chi connectivity index (χ0n) is 10.7. The molecule has 0 spiro atoms. The van der Waals surface area contributed by atoms with E-state index in [-0.39, 0.29) is 11.9 Å². The van der Waals surface area contributed by atoms with Gasteiger partial charge in [0.1, 0.15) is 0 Å². The van der Waals surface area contributed by atoms with Gasteiger partial charge in [0.2, 0.25) is 5.91 Å². The fourth-order valence-electron chi connectivity index (χ4n) is 4.05. The Kier molecular flexibility index (Phi) is 3.12. The predicted molar refractivity (Wildman–Crippen MR) is 67.6 cm³/mol. The first-order chi connectivity index (χ1) is 8.22. The highest BCUT2D eigenvalue weighted by atomic mass is 16.2. The van der Waals surface area contributed by atoms with Crippen LogP contribution in [0.5, 0.6) is 0 Å². The number of fused-ring (bicyclic) bond motifs is 2. The highest BCUT2D eigenvalue weighted by Gasteiger charge is 2.40. The molecule has 0 aromatic carbocycles. The Labute approximate surface area is 104 Å². The Morgan fingerprint density at radius 3 is 2.71 bits per heavy atom. The molecule has 2 saturated carbocycles. The molecule has 1 saturated heterocycles. The summed E-state index contributed by atoms with van der Waals surface area (Å²) in [6.45, 7) is 2.18. The minimum Gasteiger partial charge on any atom is -0.352 e. The molecule has 3 fully saturated rings. The van der Waals surface area contributed by atoms with Crippen LogP contribution in [0.1, 0.15) is 51.9 Å². The Bertz CT molecular complexity index is 305. The van der Waals surface area contributed by atoms with Gasteiger partial charge >= 0.3 is 0 Å². The minimum atomic E-state index is 0.0675. The molecular weight excluding hydrogens is 212 g/mol. The average molecular weight is 236 g/mol. The number of carbonyl (C=O) groups is 1. The molecule has 1 heterocycles. The van der Waals surface area contributed by atoms with Crippen molar-refractivity contribution in [2.24, 2.45) is 11.8 Å². The van der Waals surface area contributed by atoms with Gasteiger partial charge in [0, 0.05) is 12.1 Å². The maximum atomic E-state index is 12.2. The van der Waals surface area contributed by atoms with E-state index in [1.165, 1.54) is 38.5 Å². The summed E-state index contributed by atoms with van der Waals surface area (Å²) in [5.41, 5.74) is 0. The third-order valence-corrected chi connectivity index (χ3v) is 5.00. The van der Waals surface area contributed by atoms with Crippen molar-refractivity contribution in [3.8, 4) is 0 Å². The summed E-state index contributed by atoms with van der Waals surface area (Å²) >= 11 is 0. The molecule has 2 bridgehead atoms. The van der Waals surface area contributed by atoms with Crippen molar-refractivity contribution >= 4 is 5.91 Å². The highest BCUT2D eigenvalue weighted by Crippen LogP contribution is 2.44. The smallest absolute Gasteiger partial charge is 0.237 e. The SMILES string of the molecule is CC1CCCC(C(=O)NC2CC3CCC2C3)N1. The first kappa shape index (κ1) is 11.5. The topological polar surface area (TPSA) is 41.1 Å². The molecule has 3 rings (SSSR count). The fraction of sp³-hybridized carbons (Fsp3) is 0.929. The Morgan fingerprint density at radius 2 is 2.06 bits per heavy atom. The quantitative estimate of drug-likeness (QED) is 0.768. The molecule has 5 atom stereocenters. The molecule has 0 aromatic heterocycles. The first-order valence-electron chi connectivity index (χ1n) is 7.29. The zero-order chi connectivity index (χ0) is 11.8. The summed E-state index contributed by atoms with van der Waals surface area (Å²) in [6, 6.07) is 1.05. The third-order valence-electron chi connectivity index (χ3n) is 5.00. The van der Waals surface area contributed by atoms with Crippen LogP contribution < -0.4 is 10.6 Å². The van der Waals surface area contributed by atoms with Gasteiger partial charge < -0.3 is 10.6 Å². The lowest BCUT2D eigenvalue weighted by atomic mass is 9.94.